The van der Waals surface area contributed by atoms with Crippen LogP contribution < -0.4 is 10.6 Å². The number of carbonyl (C=O) groups excluding carboxylic acids is 2. The van der Waals surface area contributed by atoms with Gasteiger partial charge in [-0.3, -0.25) is 9.59 Å². The fourth-order valence-electron chi connectivity index (χ4n) is 4.41. The molecule has 8 heteroatoms. The highest BCUT2D eigenvalue weighted by atomic mass is 16.5. The molecule has 8 nitrogen and oxygen atoms in total. The van der Waals surface area contributed by atoms with E-state index in [2.05, 4.69) is 11.0 Å². The Morgan fingerprint density at radius 1 is 1.24 bits per heavy atom. The molecule has 172 valence electrons. The molecule has 2 aromatic rings. The highest BCUT2D eigenvalue weighted by molar-refractivity contribution is 5.93. The van der Waals surface area contributed by atoms with Crippen LogP contribution in [0.15, 0.2) is 30.3 Å². The third kappa shape index (κ3) is 4.83. The quantitative estimate of drug-likeness (QED) is 0.698. The minimum atomic E-state index is -0.468. The molecule has 1 aliphatic carbocycles. The van der Waals surface area contributed by atoms with Gasteiger partial charge in [-0.25, -0.2) is 4.98 Å². The molecule has 0 radical (unpaired) electrons. The summed E-state index contributed by atoms with van der Waals surface area (Å²) in [5.74, 6) is 0.680. The molecule has 2 heterocycles. The van der Waals surface area contributed by atoms with Gasteiger partial charge < -0.3 is 20.3 Å². The third-order valence-electron chi connectivity index (χ3n) is 6.36. The Morgan fingerprint density at radius 3 is 2.55 bits per heavy atom. The molecule has 0 bridgehead atoms. The van der Waals surface area contributed by atoms with E-state index in [0.717, 1.165) is 29.7 Å². The minimum absolute atomic E-state index is 0.0156. The Balaban J connectivity index is 1.62. The first-order valence-electron chi connectivity index (χ1n) is 11.3. The maximum Gasteiger partial charge on any atom is 0.248 e. The molecule has 1 saturated carbocycles. The molecule has 4 rings (SSSR count). The number of ether oxygens (including phenoxy) is 1. The Labute approximate surface area is 193 Å². The molecule has 1 aliphatic heterocycles. The second-order valence-electron chi connectivity index (χ2n) is 8.74. The van der Waals surface area contributed by atoms with Gasteiger partial charge in [0.25, 0.3) is 0 Å². The highest BCUT2D eigenvalue weighted by Crippen LogP contribution is 2.45. The zero-order chi connectivity index (χ0) is 23.5. The second-order valence-corrected chi connectivity index (χ2v) is 8.74. The average Bonchev–Trinajstić information content (AvgIpc) is 3.67. The van der Waals surface area contributed by atoms with Crippen molar-refractivity contribution in [2.75, 3.05) is 38.3 Å². The number of nitrogens with zero attached hydrogens (tertiary/aromatic N) is 4. The number of aromatic nitrogens is 1. The molecule has 1 saturated heterocycles. The maximum atomic E-state index is 12.5. The lowest BCUT2D eigenvalue weighted by Crippen LogP contribution is -2.54. The minimum Gasteiger partial charge on any atom is -0.384 e. The zero-order valence-corrected chi connectivity index (χ0v) is 19.1. The van der Waals surface area contributed by atoms with E-state index in [0.29, 0.717) is 55.5 Å². The fourth-order valence-corrected chi connectivity index (χ4v) is 4.41. The normalized spacial score (nSPS) is 18.2. The number of nitriles is 1. The van der Waals surface area contributed by atoms with Gasteiger partial charge in [0, 0.05) is 49.8 Å². The van der Waals surface area contributed by atoms with Crippen molar-refractivity contribution in [3.63, 3.8) is 0 Å². The number of primary amides is 1. The molecule has 2 N–H and O–H groups in total. The Morgan fingerprint density at radius 2 is 1.97 bits per heavy atom. The third-order valence-corrected chi connectivity index (χ3v) is 6.36. The standard InChI is InChI=1S/C25H29N5O3/c1-16-15-29(10-11-30(16)22(31)9-12-33-2)25-20(14-26)13-21(23(28-25)18-5-6-18)17-3-7-19(8-4-17)24(27)32/h3-4,7-8,13,16,18H,5-6,9-12,15H2,1-2H3,(H2,27,32)/t16-/m1/s1. The van der Waals surface area contributed by atoms with Crippen molar-refractivity contribution in [2.45, 2.75) is 38.1 Å². The predicted octanol–water partition coefficient (Wildman–Crippen LogP) is 2.67. The van der Waals surface area contributed by atoms with Crippen molar-refractivity contribution in [2.24, 2.45) is 5.73 Å². The summed E-state index contributed by atoms with van der Waals surface area (Å²) in [6.07, 6.45) is 2.52. The van der Waals surface area contributed by atoms with E-state index in [4.69, 9.17) is 15.5 Å². The summed E-state index contributed by atoms with van der Waals surface area (Å²) in [7, 11) is 1.59. The lowest BCUT2D eigenvalue weighted by atomic mass is 9.98. The number of carbonyl (C=O) groups is 2. The molecule has 2 aliphatic rings. The molecule has 1 aromatic heterocycles. The summed E-state index contributed by atoms with van der Waals surface area (Å²) in [5, 5.41) is 9.93. The molecular weight excluding hydrogens is 418 g/mol. The molecule has 2 amide bonds. The average molecular weight is 448 g/mol. The van der Waals surface area contributed by atoms with E-state index in [9.17, 15) is 14.9 Å². The first kappa shape index (κ1) is 22.7. The lowest BCUT2D eigenvalue weighted by molar-refractivity contribution is -0.134. The van der Waals surface area contributed by atoms with Crippen molar-refractivity contribution in [1.29, 1.82) is 5.26 Å². The van der Waals surface area contributed by atoms with Crippen LogP contribution in [-0.2, 0) is 9.53 Å². The molecule has 0 unspecified atom stereocenters. The summed E-state index contributed by atoms with van der Waals surface area (Å²) in [6.45, 7) is 4.28. The Bertz CT molecular complexity index is 1090. The van der Waals surface area contributed by atoms with Gasteiger partial charge in [0.05, 0.1) is 24.3 Å². The van der Waals surface area contributed by atoms with Crippen LogP contribution in [0.5, 0.6) is 0 Å². The number of nitrogens with two attached hydrogens (primary N) is 1. The van der Waals surface area contributed by atoms with Crippen LogP contribution in [0.3, 0.4) is 0 Å². The van der Waals surface area contributed by atoms with Crippen molar-refractivity contribution in [3.8, 4) is 17.2 Å². The van der Waals surface area contributed by atoms with E-state index < -0.39 is 5.91 Å². The van der Waals surface area contributed by atoms with Crippen molar-refractivity contribution in [3.05, 3.63) is 47.2 Å². The van der Waals surface area contributed by atoms with Gasteiger partial charge in [0.15, 0.2) is 0 Å². The number of hydrogen-bond acceptors (Lipinski definition) is 6. The number of methoxy groups -OCH3 is 1. The Kier molecular flexibility index (Phi) is 6.61. The van der Waals surface area contributed by atoms with Gasteiger partial charge >= 0.3 is 0 Å². The fraction of sp³-hybridized carbons (Fsp3) is 0.440. The van der Waals surface area contributed by atoms with E-state index in [1.54, 1.807) is 19.2 Å². The first-order valence-corrected chi connectivity index (χ1v) is 11.3. The largest absolute Gasteiger partial charge is 0.384 e. The van der Waals surface area contributed by atoms with Crippen LogP contribution in [0.2, 0.25) is 0 Å². The van der Waals surface area contributed by atoms with E-state index >= 15 is 0 Å². The summed E-state index contributed by atoms with van der Waals surface area (Å²) in [5.41, 5.74) is 9.16. The van der Waals surface area contributed by atoms with Gasteiger partial charge in [0.2, 0.25) is 11.8 Å². The van der Waals surface area contributed by atoms with Gasteiger partial charge in [-0.15, -0.1) is 0 Å². The van der Waals surface area contributed by atoms with Crippen LogP contribution in [-0.4, -0.2) is 61.1 Å². The topological polar surface area (TPSA) is 113 Å². The first-order chi connectivity index (χ1) is 15.9. The van der Waals surface area contributed by atoms with Gasteiger partial charge in [-0.2, -0.15) is 5.26 Å². The SMILES string of the molecule is COCCC(=O)N1CCN(c2nc(C3CC3)c(-c3ccc(C(N)=O)cc3)cc2C#N)C[C@H]1C. The van der Waals surface area contributed by atoms with Crippen molar-refractivity contribution in [1.82, 2.24) is 9.88 Å². The molecular formula is C25H29N5O3. The molecule has 1 aromatic carbocycles. The van der Waals surface area contributed by atoms with Gasteiger partial charge in [-0.1, -0.05) is 12.1 Å². The highest BCUT2D eigenvalue weighted by Gasteiger charge is 2.33. The summed E-state index contributed by atoms with van der Waals surface area (Å²) in [6, 6.07) is 11.4. The summed E-state index contributed by atoms with van der Waals surface area (Å²) >= 11 is 0. The number of piperazine rings is 1. The van der Waals surface area contributed by atoms with E-state index in [-0.39, 0.29) is 11.9 Å². The number of anilines is 1. The number of rotatable bonds is 7. The Hall–Kier alpha value is -3.44. The van der Waals surface area contributed by atoms with E-state index in [1.807, 2.05) is 30.0 Å². The van der Waals surface area contributed by atoms with Crippen LogP contribution in [0.1, 0.15) is 53.7 Å². The molecule has 33 heavy (non-hydrogen) atoms. The monoisotopic (exact) mass is 447 g/mol. The van der Waals surface area contributed by atoms with Crippen LogP contribution in [0.25, 0.3) is 11.1 Å². The van der Waals surface area contributed by atoms with Gasteiger partial charge in [0.1, 0.15) is 11.9 Å². The maximum absolute atomic E-state index is 12.5. The number of amides is 2. The number of pyridine rings is 1. The van der Waals surface area contributed by atoms with Crippen LogP contribution in [0, 0.1) is 11.3 Å². The van der Waals surface area contributed by atoms with Crippen molar-refractivity contribution < 1.29 is 14.3 Å². The second kappa shape index (κ2) is 9.59. The number of benzene rings is 1. The number of hydrogen-bond donors (Lipinski definition) is 1. The van der Waals surface area contributed by atoms with Crippen molar-refractivity contribution >= 4 is 17.6 Å². The van der Waals surface area contributed by atoms with Crippen LogP contribution in [0.4, 0.5) is 5.82 Å². The summed E-state index contributed by atoms with van der Waals surface area (Å²) < 4.78 is 5.04. The zero-order valence-electron chi connectivity index (χ0n) is 19.1. The molecule has 1 atom stereocenters. The molecule has 0 spiro atoms. The lowest BCUT2D eigenvalue weighted by Gasteiger charge is -2.41. The summed E-state index contributed by atoms with van der Waals surface area (Å²) in [4.78, 5) is 32.9. The van der Waals surface area contributed by atoms with E-state index in [1.165, 1.54) is 0 Å². The van der Waals surface area contributed by atoms with Crippen LogP contribution >= 0.6 is 0 Å². The smallest absolute Gasteiger partial charge is 0.248 e. The molecule has 2 fully saturated rings. The predicted molar refractivity (Wildman–Crippen MR) is 125 cm³/mol. The van der Waals surface area contributed by atoms with Gasteiger partial charge in [-0.05, 0) is 43.5 Å².